The van der Waals surface area contributed by atoms with Gasteiger partial charge in [0.15, 0.2) is 5.84 Å². The first-order chi connectivity index (χ1) is 9.97. The van der Waals surface area contributed by atoms with E-state index in [2.05, 4.69) is 10.5 Å². The summed E-state index contributed by atoms with van der Waals surface area (Å²) in [6.45, 7) is 2.00. The molecule has 8 nitrogen and oxygen atoms in total. The van der Waals surface area contributed by atoms with Crippen molar-refractivity contribution in [2.24, 2.45) is 10.8 Å². The molecule has 1 aromatic rings. The second kappa shape index (κ2) is 7.49. The lowest BCUT2D eigenvalue weighted by Gasteiger charge is -2.07. The number of esters is 1. The van der Waals surface area contributed by atoms with Crippen LogP contribution in [0.15, 0.2) is 23.3 Å². The van der Waals surface area contributed by atoms with Crippen LogP contribution < -0.4 is 11.2 Å². The van der Waals surface area contributed by atoms with E-state index in [4.69, 9.17) is 21.1 Å². The van der Waals surface area contributed by atoms with Gasteiger partial charge in [0.2, 0.25) is 5.71 Å². The smallest absolute Gasteiger partial charge is 0.310 e. The van der Waals surface area contributed by atoms with Crippen LogP contribution in [0.25, 0.3) is 0 Å². The number of hydrogen-bond acceptors (Lipinski definition) is 7. The highest BCUT2D eigenvalue weighted by atomic mass is 16.5. The largest absolute Gasteiger partial charge is 0.506 e. The fourth-order valence-electron chi connectivity index (χ4n) is 1.42. The molecule has 0 aliphatic heterocycles. The maximum absolute atomic E-state index is 11.4. The predicted molar refractivity (Wildman–Crippen MR) is 77.0 cm³/mol. The Morgan fingerprint density at radius 1 is 1.62 bits per heavy atom. The number of hydrazone groups is 1. The van der Waals surface area contributed by atoms with Crippen LogP contribution in [-0.2, 0) is 16.0 Å². The molecule has 0 aliphatic rings. The van der Waals surface area contributed by atoms with Crippen LogP contribution in [0.5, 0.6) is 5.75 Å². The van der Waals surface area contributed by atoms with Gasteiger partial charge in [0.1, 0.15) is 11.8 Å². The molecule has 0 spiro atoms. The third kappa shape index (κ3) is 4.83. The normalized spacial score (nSPS) is 10.6. The third-order valence-electron chi connectivity index (χ3n) is 2.36. The summed E-state index contributed by atoms with van der Waals surface area (Å²) < 4.78 is 4.83. The van der Waals surface area contributed by atoms with Crippen molar-refractivity contribution in [2.75, 3.05) is 12.0 Å². The number of nitriles is 1. The first-order valence-electron chi connectivity index (χ1n) is 6.03. The molecule has 0 amide bonds. The van der Waals surface area contributed by atoms with Crippen molar-refractivity contribution in [1.29, 1.82) is 10.7 Å². The summed E-state index contributed by atoms with van der Waals surface area (Å²) in [4.78, 5) is 11.4. The first kappa shape index (κ1) is 16.0. The number of nitrogens with zero attached hydrogens (tertiary/aromatic N) is 2. The number of nitrogens with two attached hydrogens (primary N) is 1. The molecule has 0 saturated heterocycles. The predicted octanol–water partition coefficient (Wildman–Crippen LogP) is 0.725. The van der Waals surface area contributed by atoms with Gasteiger partial charge in [0.25, 0.3) is 0 Å². The minimum absolute atomic E-state index is 0.0460. The van der Waals surface area contributed by atoms with E-state index < -0.39 is 5.84 Å². The van der Waals surface area contributed by atoms with E-state index in [0.717, 1.165) is 0 Å². The molecule has 0 radical (unpaired) electrons. The van der Waals surface area contributed by atoms with Crippen molar-refractivity contribution in [1.82, 2.24) is 0 Å². The summed E-state index contributed by atoms with van der Waals surface area (Å²) in [5.41, 5.74) is 8.05. The number of anilines is 1. The number of phenols is 1. The minimum Gasteiger partial charge on any atom is -0.506 e. The molecule has 0 saturated carbocycles. The van der Waals surface area contributed by atoms with Crippen LogP contribution in [0.4, 0.5) is 5.69 Å². The summed E-state index contributed by atoms with van der Waals surface area (Å²) in [6, 6.07) is 6.08. The van der Waals surface area contributed by atoms with Crippen LogP contribution >= 0.6 is 0 Å². The van der Waals surface area contributed by atoms with E-state index in [9.17, 15) is 9.90 Å². The number of benzene rings is 1. The number of amidine groups is 1. The van der Waals surface area contributed by atoms with Gasteiger partial charge < -0.3 is 15.6 Å². The number of aromatic hydroxyl groups is 1. The lowest BCUT2D eigenvalue weighted by Crippen LogP contribution is -2.21. The molecule has 0 bridgehead atoms. The molecule has 0 aromatic heterocycles. The van der Waals surface area contributed by atoms with E-state index in [1.807, 2.05) is 0 Å². The van der Waals surface area contributed by atoms with Crippen molar-refractivity contribution < 1.29 is 14.6 Å². The monoisotopic (exact) mass is 289 g/mol. The van der Waals surface area contributed by atoms with E-state index in [0.29, 0.717) is 5.56 Å². The van der Waals surface area contributed by atoms with Crippen LogP contribution in [0.1, 0.15) is 12.5 Å². The topological polar surface area (TPSA) is 145 Å². The zero-order valence-electron chi connectivity index (χ0n) is 11.4. The molecule has 5 N–H and O–H groups in total. The van der Waals surface area contributed by atoms with E-state index >= 15 is 0 Å². The third-order valence-corrected chi connectivity index (χ3v) is 2.36. The van der Waals surface area contributed by atoms with Gasteiger partial charge in [-0.3, -0.25) is 15.6 Å². The van der Waals surface area contributed by atoms with Gasteiger partial charge in [-0.2, -0.15) is 10.4 Å². The summed E-state index contributed by atoms with van der Waals surface area (Å²) in [6.07, 6.45) is 0.0460. The maximum atomic E-state index is 11.4. The van der Waals surface area contributed by atoms with Gasteiger partial charge in [-0.15, -0.1) is 0 Å². The molecular weight excluding hydrogens is 274 g/mol. The van der Waals surface area contributed by atoms with Gasteiger partial charge in [-0.1, -0.05) is 6.07 Å². The number of carbonyl (C=O) groups is 1. The fourth-order valence-corrected chi connectivity index (χ4v) is 1.42. The zero-order chi connectivity index (χ0) is 15.8. The van der Waals surface area contributed by atoms with Crippen LogP contribution in [0.2, 0.25) is 0 Å². The molecule has 8 heteroatoms. The molecule has 110 valence electrons. The van der Waals surface area contributed by atoms with Crippen LogP contribution in [0.3, 0.4) is 0 Å². The second-order valence-corrected chi connectivity index (χ2v) is 3.93. The number of rotatable bonds is 6. The first-order valence-corrected chi connectivity index (χ1v) is 6.03. The maximum Gasteiger partial charge on any atom is 0.310 e. The highest BCUT2D eigenvalue weighted by molar-refractivity contribution is 6.45. The van der Waals surface area contributed by atoms with Crippen molar-refractivity contribution in [3.63, 3.8) is 0 Å². The second-order valence-electron chi connectivity index (χ2n) is 3.93. The Hall–Kier alpha value is -3.08. The molecule has 0 atom stereocenters. The molecule has 0 unspecified atom stereocenters. The number of phenolic OH excluding ortho intramolecular Hbond substituents is 1. The number of hydrogen-bond donors (Lipinski definition) is 4. The summed E-state index contributed by atoms with van der Waals surface area (Å²) in [5, 5.41) is 29.1. The van der Waals surface area contributed by atoms with Gasteiger partial charge in [0.05, 0.1) is 18.7 Å². The Kier molecular flexibility index (Phi) is 5.70. The lowest BCUT2D eigenvalue weighted by molar-refractivity contribution is -0.142. The Balaban J connectivity index is 2.90. The van der Waals surface area contributed by atoms with E-state index in [1.54, 1.807) is 19.1 Å². The van der Waals surface area contributed by atoms with Crippen molar-refractivity contribution in [3.05, 3.63) is 23.8 Å². The standard InChI is InChI=1S/C13H15N5O3/c1-2-21-12(20)6-8-3-4-11(19)9(5-8)17-18-10(7-14)13(15)16/h3-5,17,19H,2,6H2,1H3,(H3,15,16)/b18-10+. The minimum atomic E-state index is -0.493. The Labute approximate surface area is 121 Å². The summed E-state index contributed by atoms with van der Waals surface area (Å²) >= 11 is 0. The zero-order valence-corrected chi connectivity index (χ0v) is 11.4. The van der Waals surface area contributed by atoms with Gasteiger partial charge >= 0.3 is 5.97 Å². The number of carbonyl (C=O) groups excluding carboxylic acids is 1. The van der Waals surface area contributed by atoms with Gasteiger partial charge in [0, 0.05) is 0 Å². The average molecular weight is 289 g/mol. The van der Waals surface area contributed by atoms with Crippen molar-refractivity contribution in [3.8, 4) is 11.8 Å². The Morgan fingerprint density at radius 2 is 2.33 bits per heavy atom. The number of nitrogens with one attached hydrogen (secondary N) is 2. The van der Waals surface area contributed by atoms with E-state index in [-0.39, 0.29) is 36.1 Å². The molecule has 21 heavy (non-hydrogen) atoms. The molecule has 1 rings (SSSR count). The van der Waals surface area contributed by atoms with E-state index in [1.165, 1.54) is 12.1 Å². The lowest BCUT2D eigenvalue weighted by atomic mass is 10.1. The Bertz CT molecular complexity index is 619. The van der Waals surface area contributed by atoms with Crippen LogP contribution in [0, 0.1) is 16.7 Å². The molecule has 0 heterocycles. The molecule has 0 fully saturated rings. The molecule has 1 aromatic carbocycles. The number of ether oxygens (including phenoxy) is 1. The summed E-state index contributed by atoms with van der Waals surface area (Å²) in [7, 11) is 0. The summed E-state index contributed by atoms with van der Waals surface area (Å²) in [5.74, 6) is -1.00. The van der Waals surface area contributed by atoms with Crippen molar-refractivity contribution in [2.45, 2.75) is 13.3 Å². The van der Waals surface area contributed by atoms with Gasteiger partial charge in [-0.05, 0) is 24.6 Å². The quantitative estimate of drug-likeness (QED) is 0.200. The van der Waals surface area contributed by atoms with Crippen LogP contribution in [-0.4, -0.2) is 29.2 Å². The Morgan fingerprint density at radius 3 is 2.90 bits per heavy atom. The van der Waals surface area contributed by atoms with Gasteiger partial charge in [-0.25, -0.2) is 0 Å². The fraction of sp³-hybridized carbons (Fsp3) is 0.231. The SMILES string of the molecule is CCOC(=O)Cc1ccc(O)c(N/N=C(\C#N)C(=N)N)c1. The van der Waals surface area contributed by atoms with Crippen molar-refractivity contribution >= 4 is 23.2 Å². The average Bonchev–Trinajstić information content (AvgIpc) is 2.42. The molecule has 0 aliphatic carbocycles. The molecular formula is C13H15N5O3. The highest BCUT2D eigenvalue weighted by Gasteiger charge is 2.08. The highest BCUT2D eigenvalue weighted by Crippen LogP contribution is 2.24.